The predicted octanol–water partition coefficient (Wildman–Crippen LogP) is 2.67. The lowest BCUT2D eigenvalue weighted by Gasteiger charge is -2.24. The molecule has 0 aliphatic heterocycles. The quantitative estimate of drug-likeness (QED) is 0.743. The summed E-state index contributed by atoms with van der Waals surface area (Å²) >= 11 is 0. The third-order valence-electron chi connectivity index (χ3n) is 2.51. The van der Waals surface area contributed by atoms with Crippen LogP contribution < -0.4 is 5.73 Å². The van der Waals surface area contributed by atoms with Gasteiger partial charge in [0.25, 0.3) is 0 Å². The molecular weight excluding hydrogens is 172 g/mol. The molecule has 1 rings (SSSR count). The SMILES string of the molecule is CCCC(c1ccc(N)cc1)N(C)C. The minimum atomic E-state index is 0.514. The number of nitrogens with zero attached hydrogens (tertiary/aromatic N) is 1. The Morgan fingerprint density at radius 2 is 1.79 bits per heavy atom. The summed E-state index contributed by atoms with van der Waals surface area (Å²) in [6.45, 7) is 2.22. The molecule has 0 bridgehead atoms. The van der Waals surface area contributed by atoms with Gasteiger partial charge in [0.05, 0.1) is 0 Å². The third kappa shape index (κ3) is 2.74. The lowest BCUT2D eigenvalue weighted by Crippen LogP contribution is -2.19. The van der Waals surface area contributed by atoms with Gasteiger partial charge < -0.3 is 10.6 Å². The Morgan fingerprint density at radius 3 is 2.21 bits per heavy atom. The first kappa shape index (κ1) is 11.1. The van der Waals surface area contributed by atoms with Crippen molar-refractivity contribution in [2.45, 2.75) is 25.8 Å². The van der Waals surface area contributed by atoms with Crippen LogP contribution in [0.15, 0.2) is 24.3 Å². The van der Waals surface area contributed by atoms with Crippen LogP contribution in [0, 0.1) is 0 Å². The van der Waals surface area contributed by atoms with Gasteiger partial charge in [0.15, 0.2) is 0 Å². The smallest absolute Gasteiger partial charge is 0.0341 e. The number of nitrogens with two attached hydrogens (primary N) is 1. The molecule has 1 aromatic rings. The molecule has 14 heavy (non-hydrogen) atoms. The molecule has 2 nitrogen and oxygen atoms in total. The van der Waals surface area contributed by atoms with Crippen molar-refractivity contribution in [3.8, 4) is 0 Å². The Bertz CT molecular complexity index is 264. The summed E-state index contributed by atoms with van der Waals surface area (Å²) in [6, 6.07) is 8.70. The second-order valence-corrected chi connectivity index (χ2v) is 3.93. The summed E-state index contributed by atoms with van der Waals surface area (Å²) in [5, 5.41) is 0. The molecule has 1 aromatic carbocycles. The number of benzene rings is 1. The second kappa shape index (κ2) is 5.01. The van der Waals surface area contributed by atoms with Gasteiger partial charge in [0.1, 0.15) is 0 Å². The topological polar surface area (TPSA) is 29.3 Å². The molecule has 0 spiro atoms. The number of hydrogen-bond acceptors (Lipinski definition) is 2. The first-order valence-electron chi connectivity index (χ1n) is 5.17. The monoisotopic (exact) mass is 192 g/mol. The summed E-state index contributed by atoms with van der Waals surface area (Å²) in [7, 11) is 4.24. The van der Waals surface area contributed by atoms with E-state index in [-0.39, 0.29) is 0 Å². The second-order valence-electron chi connectivity index (χ2n) is 3.93. The van der Waals surface area contributed by atoms with Gasteiger partial charge in [-0.05, 0) is 38.2 Å². The van der Waals surface area contributed by atoms with Gasteiger partial charge in [-0.15, -0.1) is 0 Å². The van der Waals surface area contributed by atoms with Crippen molar-refractivity contribution >= 4 is 5.69 Å². The van der Waals surface area contributed by atoms with Crippen LogP contribution in [-0.4, -0.2) is 19.0 Å². The molecular formula is C12H20N2. The van der Waals surface area contributed by atoms with Crippen molar-refractivity contribution < 1.29 is 0 Å². The first-order valence-corrected chi connectivity index (χ1v) is 5.17. The van der Waals surface area contributed by atoms with Gasteiger partial charge in [-0.1, -0.05) is 25.5 Å². The molecule has 1 unspecified atom stereocenters. The Kier molecular flexibility index (Phi) is 3.96. The van der Waals surface area contributed by atoms with E-state index in [1.165, 1.54) is 18.4 Å². The van der Waals surface area contributed by atoms with Crippen molar-refractivity contribution in [2.75, 3.05) is 19.8 Å². The molecule has 0 amide bonds. The zero-order chi connectivity index (χ0) is 10.6. The van der Waals surface area contributed by atoms with E-state index in [4.69, 9.17) is 5.73 Å². The van der Waals surface area contributed by atoms with E-state index < -0.39 is 0 Å². The van der Waals surface area contributed by atoms with Crippen LogP contribution in [0.3, 0.4) is 0 Å². The van der Waals surface area contributed by atoms with Crippen LogP contribution in [0.5, 0.6) is 0 Å². The molecule has 0 radical (unpaired) electrons. The number of anilines is 1. The zero-order valence-corrected chi connectivity index (χ0v) is 9.33. The van der Waals surface area contributed by atoms with Crippen LogP contribution in [0.2, 0.25) is 0 Å². The number of rotatable bonds is 4. The van der Waals surface area contributed by atoms with Gasteiger partial charge >= 0.3 is 0 Å². The molecule has 2 heteroatoms. The molecule has 2 N–H and O–H groups in total. The highest BCUT2D eigenvalue weighted by Crippen LogP contribution is 2.23. The summed E-state index contributed by atoms with van der Waals surface area (Å²) < 4.78 is 0. The van der Waals surface area contributed by atoms with Gasteiger partial charge in [-0.3, -0.25) is 0 Å². The van der Waals surface area contributed by atoms with Crippen molar-refractivity contribution in [3.05, 3.63) is 29.8 Å². The molecule has 0 saturated carbocycles. The van der Waals surface area contributed by atoms with Crippen molar-refractivity contribution in [2.24, 2.45) is 0 Å². The lowest BCUT2D eigenvalue weighted by molar-refractivity contribution is 0.282. The minimum Gasteiger partial charge on any atom is -0.399 e. The molecule has 0 aliphatic rings. The van der Waals surface area contributed by atoms with E-state index >= 15 is 0 Å². The minimum absolute atomic E-state index is 0.514. The van der Waals surface area contributed by atoms with E-state index in [0.717, 1.165) is 5.69 Å². The van der Waals surface area contributed by atoms with E-state index in [0.29, 0.717) is 6.04 Å². The van der Waals surface area contributed by atoms with Gasteiger partial charge in [0, 0.05) is 11.7 Å². The Balaban J connectivity index is 2.82. The molecule has 0 fully saturated rings. The fourth-order valence-corrected chi connectivity index (χ4v) is 1.71. The largest absolute Gasteiger partial charge is 0.399 e. The molecule has 1 atom stereocenters. The van der Waals surface area contributed by atoms with E-state index in [2.05, 4.69) is 38.1 Å². The zero-order valence-electron chi connectivity index (χ0n) is 9.33. The highest BCUT2D eigenvalue weighted by molar-refractivity contribution is 5.40. The fourth-order valence-electron chi connectivity index (χ4n) is 1.71. The van der Waals surface area contributed by atoms with Crippen molar-refractivity contribution in [3.63, 3.8) is 0 Å². The van der Waals surface area contributed by atoms with Crippen LogP contribution in [0.4, 0.5) is 5.69 Å². The first-order chi connectivity index (χ1) is 6.65. The van der Waals surface area contributed by atoms with Crippen molar-refractivity contribution in [1.29, 1.82) is 0 Å². The summed E-state index contributed by atoms with van der Waals surface area (Å²) in [5.41, 5.74) is 7.85. The summed E-state index contributed by atoms with van der Waals surface area (Å²) in [4.78, 5) is 2.26. The molecule has 0 saturated heterocycles. The average Bonchev–Trinajstić information content (AvgIpc) is 2.15. The van der Waals surface area contributed by atoms with Crippen LogP contribution >= 0.6 is 0 Å². The van der Waals surface area contributed by atoms with Crippen LogP contribution in [-0.2, 0) is 0 Å². The normalized spacial score (nSPS) is 13.1. The van der Waals surface area contributed by atoms with Gasteiger partial charge in [-0.2, -0.15) is 0 Å². The average molecular weight is 192 g/mol. The maximum absolute atomic E-state index is 5.66. The van der Waals surface area contributed by atoms with Crippen LogP contribution in [0.1, 0.15) is 31.4 Å². The maximum atomic E-state index is 5.66. The van der Waals surface area contributed by atoms with E-state index in [9.17, 15) is 0 Å². The fraction of sp³-hybridized carbons (Fsp3) is 0.500. The lowest BCUT2D eigenvalue weighted by atomic mass is 10.0. The molecule has 0 heterocycles. The Morgan fingerprint density at radius 1 is 1.21 bits per heavy atom. The predicted molar refractivity (Wildman–Crippen MR) is 62.2 cm³/mol. The standard InChI is InChI=1S/C12H20N2/c1-4-5-12(14(2)3)10-6-8-11(13)9-7-10/h6-9,12H,4-5,13H2,1-3H3. The molecule has 78 valence electrons. The molecule has 0 aromatic heterocycles. The van der Waals surface area contributed by atoms with Gasteiger partial charge in [-0.25, -0.2) is 0 Å². The summed E-state index contributed by atoms with van der Waals surface area (Å²) in [5.74, 6) is 0. The Hall–Kier alpha value is -1.02. The number of nitrogen functional groups attached to an aromatic ring is 1. The van der Waals surface area contributed by atoms with E-state index in [1.54, 1.807) is 0 Å². The van der Waals surface area contributed by atoms with Gasteiger partial charge in [0.2, 0.25) is 0 Å². The van der Waals surface area contributed by atoms with E-state index in [1.807, 2.05) is 12.1 Å². The highest BCUT2D eigenvalue weighted by atomic mass is 15.1. The van der Waals surface area contributed by atoms with Crippen molar-refractivity contribution in [1.82, 2.24) is 4.90 Å². The Labute approximate surface area is 86.7 Å². The highest BCUT2D eigenvalue weighted by Gasteiger charge is 2.11. The summed E-state index contributed by atoms with van der Waals surface area (Å²) in [6.07, 6.45) is 2.39. The third-order valence-corrected chi connectivity index (χ3v) is 2.51. The molecule has 0 aliphatic carbocycles. The number of hydrogen-bond donors (Lipinski definition) is 1. The maximum Gasteiger partial charge on any atom is 0.0341 e. The van der Waals surface area contributed by atoms with Crippen LogP contribution in [0.25, 0.3) is 0 Å².